The van der Waals surface area contributed by atoms with Crippen LogP contribution in [0.1, 0.15) is 32.3 Å². The summed E-state index contributed by atoms with van der Waals surface area (Å²) in [6, 6.07) is 6.38. The van der Waals surface area contributed by atoms with Crippen LogP contribution in [0.15, 0.2) is 18.2 Å². The summed E-state index contributed by atoms with van der Waals surface area (Å²) in [6.45, 7) is 6.95. The fraction of sp³-hybridized carbons (Fsp3) is 0.600. The third-order valence-electron chi connectivity index (χ3n) is 3.59. The molecule has 0 fully saturated rings. The number of hydrogen-bond acceptors (Lipinski definition) is 3. The Morgan fingerprint density at radius 3 is 3.00 bits per heavy atom. The van der Waals surface area contributed by atoms with Crippen LogP contribution in [0.25, 0.3) is 0 Å². The summed E-state index contributed by atoms with van der Waals surface area (Å²) in [5.74, 6) is 1.05. The van der Waals surface area contributed by atoms with Crippen molar-refractivity contribution in [3.8, 4) is 5.75 Å². The van der Waals surface area contributed by atoms with E-state index >= 15 is 0 Å². The molecule has 0 amide bonds. The molecule has 0 aliphatic carbocycles. The Balaban J connectivity index is 1.90. The normalized spacial score (nSPS) is 14.8. The maximum absolute atomic E-state index is 5.73. The molecule has 0 atom stereocenters. The van der Waals surface area contributed by atoms with Crippen LogP contribution in [0.5, 0.6) is 5.75 Å². The fourth-order valence-corrected chi connectivity index (χ4v) is 2.12. The van der Waals surface area contributed by atoms with Gasteiger partial charge in [0, 0.05) is 12.2 Å². The number of nitrogens with one attached hydrogen (secondary N) is 1. The summed E-state index contributed by atoms with van der Waals surface area (Å²) in [5, 5.41) is 3.47. The fourth-order valence-electron chi connectivity index (χ4n) is 2.12. The molecule has 1 aliphatic heterocycles. The molecule has 1 heterocycles. The summed E-state index contributed by atoms with van der Waals surface area (Å²) in [7, 11) is 0. The molecule has 3 heteroatoms. The lowest BCUT2D eigenvalue weighted by Crippen LogP contribution is -2.26. The van der Waals surface area contributed by atoms with E-state index in [9.17, 15) is 0 Å². The summed E-state index contributed by atoms with van der Waals surface area (Å²) in [5.41, 5.74) is 8.46. The van der Waals surface area contributed by atoms with Gasteiger partial charge in [0.25, 0.3) is 0 Å². The zero-order chi connectivity index (χ0) is 13.0. The standard InChI is InChI=1S/C15H24N2O/c1-15(2,11-16)7-8-17-13-5-6-14-12(10-13)4-3-9-18-14/h5-6,10,17H,3-4,7-9,11,16H2,1-2H3. The first-order chi connectivity index (χ1) is 8.61. The van der Waals surface area contributed by atoms with E-state index in [1.54, 1.807) is 0 Å². The zero-order valence-electron chi connectivity index (χ0n) is 11.5. The number of benzene rings is 1. The first-order valence-electron chi connectivity index (χ1n) is 6.80. The van der Waals surface area contributed by atoms with Crippen LogP contribution in [-0.4, -0.2) is 19.7 Å². The van der Waals surface area contributed by atoms with E-state index < -0.39 is 0 Å². The molecule has 100 valence electrons. The smallest absolute Gasteiger partial charge is 0.122 e. The zero-order valence-corrected chi connectivity index (χ0v) is 11.5. The van der Waals surface area contributed by atoms with Crippen LogP contribution in [0.2, 0.25) is 0 Å². The summed E-state index contributed by atoms with van der Waals surface area (Å²) >= 11 is 0. The van der Waals surface area contributed by atoms with E-state index in [-0.39, 0.29) is 5.41 Å². The minimum Gasteiger partial charge on any atom is -0.493 e. The highest BCUT2D eigenvalue weighted by Crippen LogP contribution is 2.27. The van der Waals surface area contributed by atoms with Crippen LogP contribution >= 0.6 is 0 Å². The molecule has 1 aromatic carbocycles. The Kier molecular flexibility index (Phi) is 4.12. The number of anilines is 1. The number of fused-ring (bicyclic) bond motifs is 1. The number of ether oxygens (including phenoxy) is 1. The average Bonchev–Trinajstić information content (AvgIpc) is 2.38. The van der Waals surface area contributed by atoms with Crippen LogP contribution in [0, 0.1) is 5.41 Å². The average molecular weight is 248 g/mol. The number of rotatable bonds is 5. The summed E-state index contributed by atoms with van der Waals surface area (Å²) in [4.78, 5) is 0. The molecule has 0 bridgehead atoms. The summed E-state index contributed by atoms with van der Waals surface area (Å²) in [6.07, 6.45) is 3.33. The van der Waals surface area contributed by atoms with Crippen LogP contribution < -0.4 is 15.8 Å². The van der Waals surface area contributed by atoms with Crippen molar-refractivity contribution >= 4 is 5.69 Å². The first-order valence-corrected chi connectivity index (χ1v) is 6.80. The van der Waals surface area contributed by atoms with E-state index in [2.05, 4.69) is 37.4 Å². The van der Waals surface area contributed by atoms with E-state index in [1.807, 2.05) is 0 Å². The Morgan fingerprint density at radius 1 is 1.39 bits per heavy atom. The minimum atomic E-state index is 0.213. The molecular weight excluding hydrogens is 224 g/mol. The van der Waals surface area contributed by atoms with Gasteiger partial charge in [-0.05, 0) is 55.0 Å². The van der Waals surface area contributed by atoms with Crippen molar-refractivity contribution < 1.29 is 4.74 Å². The first kappa shape index (κ1) is 13.2. The second-order valence-electron chi connectivity index (χ2n) is 5.82. The highest BCUT2D eigenvalue weighted by molar-refractivity contribution is 5.51. The Morgan fingerprint density at radius 2 is 2.22 bits per heavy atom. The van der Waals surface area contributed by atoms with Crippen molar-refractivity contribution in [3.05, 3.63) is 23.8 Å². The Hall–Kier alpha value is -1.22. The topological polar surface area (TPSA) is 47.3 Å². The highest BCUT2D eigenvalue weighted by atomic mass is 16.5. The van der Waals surface area contributed by atoms with Crippen molar-refractivity contribution in [1.82, 2.24) is 0 Å². The lowest BCUT2D eigenvalue weighted by Gasteiger charge is -2.23. The molecule has 3 nitrogen and oxygen atoms in total. The molecule has 1 aromatic rings. The molecule has 0 unspecified atom stereocenters. The molecular formula is C15H24N2O. The van der Waals surface area contributed by atoms with Gasteiger partial charge in [-0.3, -0.25) is 0 Å². The lowest BCUT2D eigenvalue weighted by molar-refractivity contribution is 0.288. The van der Waals surface area contributed by atoms with Crippen molar-refractivity contribution in [2.45, 2.75) is 33.1 Å². The third-order valence-corrected chi connectivity index (χ3v) is 3.59. The number of aryl methyl sites for hydroxylation is 1. The van der Waals surface area contributed by atoms with Gasteiger partial charge in [-0.2, -0.15) is 0 Å². The van der Waals surface area contributed by atoms with E-state index in [4.69, 9.17) is 10.5 Å². The lowest BCUT2D eigenvalue weighted by atomic mass is 9.90. The van der Waals surface area contributed by atoms with E-state index in [1.165, 1.54) is 11.3 Å². The maximum Gasteiger partial charge on any atom is 0.122 e. The predicted octanol–water partition coefficient (Wildman–Crippen LogP) is 2.80. The van der Waals surface area contributed by atoms with Gasteiger partial charge in [-0.25, -0.2) is 0 Å². The van der Waals surface area contributed by atoms with Gasteiger partial charge < -0.3 is 15.8 Å². The SMILES string of the molecule is CC(C)(CN)CCNc1ccc2c(c1)CCCO2. The molecule has 1 aliphatic rings. The monoisotopic (exact) mass is 248 g/mol. The summed E-state index contributed by atoms with van der Waals surface area (Å²) < 4.78 is 5.61. The quantitative estimate of drug-likeness (QED) is 0.842. The molecule has 0 aromatic heterocycles. The Bertz CT molecular complexity index is 401. The van der Waals surface area contributed by atoms with Gasteiger partial charge in [-0.1, -0.05) is 13.8 Å². The van der Waals surface area contributed by atoms with Gasteiger partial charge >= 0.3 is 0 Å². The molecule has 2 rings (SSSR count). The van der Waals surface area contributed by atoms with Crippen molar-refractivity contribution in [2.75, 3.05) is 25.0 Å². The third kappa shape index (κ3) is 3.39. The van der Waals surface area contributed by atoms with Gasteiger partial charge in [0.05, 0.1) is 6.61 Å². The Labute approximate surface area is 110 Å². The van der Waals surface area contributed by atoms with Gasteiger partial charge in [-0.15, -0.1) is 0 Å². The van der Waals surface area contributed by atoms with Gasteiger partial charge in [0.2, 0.25) is 0 Å². The van der Waals surface area contributed by atoms with E-state index in [0.29, 0.717) is 0 Å². The van der Waals surface area contributed by atoms with Crippen LogP contribution in [0.4, 0.5) is 5.69 Å². The van der Waals surface area contributed by atoms with Gasteiger partial charge in [0.1, 0.15) is 5.75 Å². The van der Waals surface area contributed by atoms with Crippen molar-refractivity contribution in [1.29, 1.82) is 0 Å². The highest BCUT2D eigenvalue weighted by Gasteiger charge is 2.15. The van der Waals surface area contributed by atoms with E-state index in [0.717, 1.165) is 44.7 Å². The largest absolute Gasteiger partial charge is 0.493 e. The molecule has 3 N–H and O–H groups in total. The number of nitrogens with two attached hydrogens (primary N) is 1. The second-order valence-corrected chi connectivity index (χ2v) is 5.82. The molecule has 0 radical (unpaired) electrons. The second kappa shape index (κ2) is 5.61. The molecule has 0 spiro atoms. The molecule has 0 saturated carbocycles. The van der Waals surface area contributed by atoms with Crippen LogP contribution in [-0.2, 0) is 6.42 Å². The maximum atomic E-state index is 5.73. The van der Waals surface area contributed by atoms with Crippen LogP contribution in [0.3, 0.4) is 0 Å². The van der Waals surface area contributed by atoms with Crippen molar-refractivity contribution in [3.63, 3.8) is 0 Å². The minimum absolute atomic E-state index is 0.213. The molecule has 0 saturated heterocycles. The van der Waals surface area contributed by atoms with Gasteiger partial charge in [0.15, 0.2) is 0 Å². The number of hydrogen-bond donors (Lipinski definition) is 2. The predicted molar refractivity (Wildman–Crippen MR) is 76.2 cm³/mol. The molecule has 18 heavy (non-hydrogen) atoms. The van der Waals surface area contributed by atoms with Crippen molar-refractivity contribution in [2.24, 2.45) is 11.1 Å².